The number of carbonyl (C=O) groups excluding carboxylic acids is 1. The van der Waals surface area contributed by atoms with E-state index in [1.54, 1.807) is 12.3 Å². The molecular formula is C30H36N6O2. The van der Waals surface area contributed by atoms with Crippen molar-refractivity contribution in [2.24, 2.45) is 4.99 Å². The lowest BCUT2D eigenvalue weighted by Crippen LogP contribution is -2.46. The molecule has 1 saturated heterocycles. The number of amides is 1. The van der Waals surface area contributed by atoms with Gasteiger partial charge in [0.2, 0.25) is 0 Å². The van der Waals surface area contributed by atoms with E-state index in [1.807, 2.05) is 57.7 Å². The van der Waals surface area contributed by atoms with Gasteiger partial charge in [0, 0.05) is 48.7 Å². The molecule has 2 aliphatic heterocycles. The SMILES string of the molecule is C=CC=N/C(=C\C)c1ccn(CC[C@]2(C)CCCN2C(=O)c2nn3c(c2-c2ccccc2)CCOCC3)n1. The van der Waals surface area contributed by atoms with Crippen LogP contribution in [0.2, 0.25) is 0 Å². The third kappa shape index (κ3) is 5.13. The highest BCUT2D eigenvalue weighted by atomic mass is 16.5. The summed E-state index contributed by atoms with van der Waals surface area (Å²) in [6.45, 7) is 11.2. The predicted octanol–water partition coefficient (Wildman–Crippen LogP) is 5.02. The molecule has 8 nitrogen and oxygen atoms in total. The van der Waals surface area contributed by atoms with Crippen molar-refractivity contribution in [3.05, 3.63) is 78.4 Å². The topological polar surface area (TPSA) is 77.5 Å². The van der Waals surface area contributed by atoms with Gasteiger partial charge in [0.1, 0.15) is 5.69 Å². The van der Waals surface area contributed by atoms with E-state index in [4.69, 9.17) is 14.9 Å². The van der Waals surface area contributed by atoms with Crippen molar-refractivity contribution in [3.8, 4) is 11.1 Å². The van der Waals surface area contributed by atoms with Crippen LogP contribution in [0.1, 0.15) is 55.0 Å². The molecule has 1 fully saturated rings. The molecule has 0 spiro atoms. The highest BCUT2D eigenvalue weighted by Crippen LogP contribution is 2.37. The first-order chi connectivity index (χ1) is 18.5. The van der Waals surface area contributed by atoms with Crippen LogP contribution in [0.3, 0.4) is 0 Å². The van der Waals surface area contributed by atoms with Crippen molar-refractivity contribution in [3.63, 3.8) is 0 Å². The molecule has 5 rings (SSSR count). The molecule has 3 aromatic rings. The number of hydrogen-bond donors (Lipinski definition) is 0. The molecule has 0 N–H and O–H groups in total. The van der Waals surface area contributed by atoms with Gasteiger partial charge in [-0.15, -0.1) is 0 Å². The van der Waals surface area contributed by atoms with Crippen LogP contribution in [0.15, 0.2) is 66.3 Å². The van der Waals surface area contributed by atoms with E-state index in [1.165, 1.54) is 0 Å². The van der Waals surface area contributed by atoms with Crippen molar-refractivity contribution in [1.29, 1.82) is 0 Å². The fourth-order valence-corrected chi connectivity index (χ4v) is 5.57. The van der Waals surface area contributed by atoms with Gasteiger partial charge in [-0.05, 0) is 44.7 Å². The maximum absolute atomic E-state index is 14.2. The molecule has 8 heteroatoms. The first-order valence-corrected chi connectivity index (χ1v) is 13.4. The van der Waals surface area contributed by atoms with Crippen LogP contribution < -0.4 is 0 Å². The second kappa shape index (κ2) is 11.3. The monoisotopic (exact) mass is 512 g/mol. The fraction of sp³-hybridized carbons (Fsp3) is 0.400. The van der Waals surface area contributed by atoms with E-state index < -0.39 is 0 Å². The molecule has 0 saturated carbocycles. The highest BCUT2D eigenvalue weighted by molar-refractivity contribution is 6.00. The van der Waals surface area contributed by atoms with Crippen LogP contribution in [-0.4, -0.2) is 61.9 Å². The molecule has 0 radical (unpaired) electrons. The second-order valence-corrected chi connectivity index (χ2v) is 10.1. The van der Waals surface area contributed by atoms with E-state index >= 15 is 0 Å². The zero-order valence-electron chi connectivity index (χ0n) is 22.3. The van der Waals surface area contributed by atoms with Gasteiger partial charge >= 0.3 is 0 Å². The number of rotatable bonds is 8. The Labute approximate surface area is 224 Å². The van der Waals surface area contributed by atoms with Gasteiger partial charge in [0.05, 0.1) is 25.5 Å². The first kappa shape index (κ1) is 25.9. The van der Waals surface area contributed by atoms with Crippen molar-refractivity contribution in [2.75, 3.05) is 19.8 Å². The highest BCUT2D eigenvalue weighted by Gasteiger charge is 2.41. The first-order valence-electron chi connectivity index (χ1n) is 13.4. The average molecular weight is 513 g/mol. The Bertz CT molecular complexity index is 1350. The van der Waals surface area contributed by atoms with Crippen LogP contribution in [0.4, 0.5) is 0 Å². The lowest BCUT2D eigenvalue weighted by atomic mass is 9.93. The molecule has 198 valence electrons. The Balaban J connectivity index is 1.39. The van der Waals surface area contributed by atoms with Crippen molar-refractivity contribution in [1.82, 2.24) is 24.5 Å². The van der Waals surface area contributed by atoms with Gasteiger partial charge in [0.25, 0.3) is 5.91 Å². The van der Waals surface area contributed by atoms with Crippen LogP contribution >= 0.6 is 0 Å². The molecule has 0 bridgehead atoms. The van der Waals surface area contributed by atoms with E-state index in [0.717, 1.165) is 60.4 Å². The normalized spacial score (nSPS) is 20.1. The predicted molar refractivity (Wildman–Crippen MR) is 150 cm³/mol. The zero-order chi connectivity index (χ0) is 26.5. The van der Waals surface area contributed by atoms with Crippen LogP contribution in [0.5, 0.6) is 0 Å². The number of aliphatic imine (C=N–C) groups is 1. The number of fused-ring (bicyclic) bond motifs is 1. The summed E-state index contributed by atoms with van der Waals surface area (Å²) < 4.78 is 9.62. The summed E-state index contributed by atoms with van der Waals surface area (Å²) in [6, 6.07) is 12.1. The number of aromatic nitrogens is 4. The number of ether oxygens (including phenoxy) is 1. The molecule has 1 aromatic carbocycles. The maximum Gasteiger partial charge on any atom is 0.275 e. The van der Waals surface area contributed by atoms with Gasteiger partial charge in [-0.2, -0.15) is 10.2 Å². The summed E-state index contributed by atoms with van der Waals surface area (Å²) in [5, 5.41) is 9.60. The van der Waals surface area contributed by atoms with Crippen LogP contribution in [0.25, 0.3) is 16.8 Å². The summed E-state index contributed by atoms with van der Waals surface area (Å²) in [5.74, 6) is 0.0152. The Morgan fingerprint density at radius 2 is 2.03 bits per heavy atom. The average Bonchev–Trinajstić information content (AvgIpc) is 3.62. The Hall–Kier alpha value is -3.78. The number of nitrogens with zero attached hydrogens (tertiary/aromatic N) is 6. The standard InChI is InChI=1S/C30H36N6O2/c1-4-16-31-24(5-2)25-12-18-34(32-25)19-15-30(3)14-9-17-35(30)29(37)28-27(23-10-7-6-8-11-23)26-13-21-38-22-20-36(26)33-28/h4-8,10-12,16,18H,1,9,13-15,17,19-22H2,2-3H3/b24-5-,31-16?/t30-/m0/s1. The van der Waals surface area contributed by atoms with Gasteiger partial charge in [0.15, 0.2) is 5.69 Å². The van der Waals surface area contributed by atoms with Gasteiger partial charge in [-0.25, -0.2) is 0 Å². The third-order valence-electron chi connectivity index (χ3n) is 7.62. The number of benzene rings is 1. The fourth-order valence-electron chi connectivity index (χ4n) is 5.57. The van der Waals surface area contributed by atoms with E-state index in [9.17, 15) is 4.79 Å². The molecule has 4 heterocycles. The van der Waals surface area contributed by atoms with Crippen LogP contribution in [-0.2, 0) is 24.2 Å². The molecule has 1 amide bonds. The van der Waals surface area contributed by atoms with Crippen molar-refractivity contribution >= 4 is 17.8 Å². The van der Waals surface area contributed by atoms with E-state index in [0.29, 0.717) is 32.0 Å². The summed E-state index contributed by atoms with van der Waals surface area (Å²) in [5.41, 5.74) is 4.98. The van der Waals surface area contributed by atoms with Crippen LogP contribution in [0, 0.1) is 0 Å². The smallest absolute Gasteiger partial charge is 0.275 e. The Morgan fingerprint density at radius 3 is 2.82 bits per heavy atom. The molecule has 2 aliphatic rings. The van der Waals surface area contributed by atoms with E-state index in [-0.39, 0.29) is 11.4 Å². The maximum atomic E-state index is 14.2. The summed E-state index contributed by atoms with van der Waals surface area (Å²) in [7, 11) is 0. The molecule has 0 aliphatic carbocycles. The molecule has 38 heavy (non-hydrogen) atoms. The van der Waals surface area contributed by atoms with Gasteiger partial charge in [-0.1, -0.05) is 49.1 Å². The Kier molecular flexibility index (Phi) is 7.69. The molecular weight excluding hydrogens is 476 g/mol. The number of likely N-dealkylation sites (tertiary alicyclic amines) is 1. The zero-order valence-corrected chi connectivity index (χ0v) is 22.3. The summed E-state index contributed by atoms with van der Waals surface area (Å²) in [4.78, 5) is 20.6. The quantitative estimate of drug-likeness (QED) is 0.397. The Morgan fingerprint density at radius 1 is 1.18 bits per heavy atom. The molecule has 0 unspecified atom stereocenters. The number of hydrogen-bond acceptors (Lipinski definition) is 5. The number of allylic oxidation sites excluding steroid dienone is 2. The van der Waals surface area contributed by atoms with Crippen molar-refractivity contribution in [2.45, 2.75) is 58.2 Å². The lowest BCUT2D eigenvalue weighted by Gasteiger charge is -2.35. The van der Waals surface area contributed by atoms with Gasteiger partial charge < -0.3 is 9.64 Å². The minimum absolute atomic E-state index is 0.0152. The summed E-state index contributed by atoms with van der Waals surface area (Å²) >= 11 is 0. The van der Waals surface area contributed by atoms with Gasteiger partial charge in [-0.3, -0.25) is 19.2 Å². The largest absolute Gasteiger partial charge is 0.379 e. The number of aryl methyl sites for hydroxylation is 1. The number of carbonyl (C=O) groups is 1. The third-order valence-corrected chi connectivity index (χ3v) is 7.62. The lowest BCUT2D eigenvalue weighted by molar-refractivity contribution is 0.0592. The minimum atomic E-state index is -0.272. The summed E-state index contributed by atoms with van der Waals surface area (Å²) in [6.07, 6.45) is 10.7. The van der Waals surface area contributed by atoms with Crippen molar-refractivity contribution < 1.29 is 9.53 Å². The second-order valence-electron chi connectivity index (χ2n) is 10.1. The van der Waals surface area contributed by atoms with E-state index in [2.05, 4.69) is 30.6 Å². The minimum Gasteiger partial charge on any atom is -0.379 e. The molecule has 2 aromatic heterocycles. The molecule has 1 atom stereocenters.